The maximum atomic E-state index is 12.3. The van der Waals surface area contributed by atoms with Crippen LogP contribution in [0.15, 0.2) is 12.3 Å². The number of imidazole rings is 1. The fourth-order valence-corrected chi connectivity index (χ4v) is 3.09. The zero-order valence-electron chi connectivity index (χ0n) is 13.8. The summed E-state index contributed by atoms with van der Waals surface area (Å²) in [6, 6.07) is 1.68. The topological polar surface area (TPSA) is 111 Å². The minimum Gasteiger partial charge on any atom is -0.368 e. The number of nitrogens with zero attached hydrogens (tertiary/aromatic N) is 5. The number of hydrogen-bond donors (Lipinski definition) is 2. The number of hydrogen-bond acceptors (Lipinski definition) is 7. The second-order valence-electron chi connectivity index (χ2n) is 5.96. The van der Waals surface area contributed by atoms with Crippen molar-refractivity contribution in [3.63, 3.8) is 0 Å². The van der Waals surface area contributed by atoms with Crippen LogP contribution in [0, 0.1) is 12.8 Å². The summed E-state index contributed by atoms with van der Waals surface area (Å²) in [5.74, 6) is 0.236. The molecule has 0 spiro atoms. The van der Waals surface area contributed by atoms with E-state index in [1.807, 2.05) is 6.92 Å². The third-order valence-corrected chi connectivity index (χ3v) is 4.11. The van der Waals surface area contributed by atoms with Gasteiger partial charge in [0.05, 0.1) is 18.4 Å². The SMILES string of the molecule is Cc1nn2cc(CNC(=O)c3cc(CC(C)C)nc(N)n3)nc2s1. The lowest BCUT2D eigenvalue weighted by Crippen LogP contribution is -2.25. The summed E-state index contributed by atoms with van der Waals surface area (Å²) < 4.78 is 1.71. The summed E-state index contributed by atoms with van der Waals surface area (Å²) in [6.07, 6.45) is 2.55. The van der Waals surface area contributed by atoms with E-state index in [0.717, 1.165) is 27.8 Å². The number of carbonyl (C=O) groups is 1. The van der Waals surface area contributed by atoms with Crippen LogP contribution in [-0.4, -0.2) is 30.5 Å². The Kier molecular flexibility index (Phi) is 4.43. The van der Waals surface area contributed by atoms with E-state index in [9.17, 15) is 4.79 Å². The second-order valence-corrected chi connectivity index (χ2v) is 7.12. The highest BCUT2D eigenvalue weighted by Gasteiger charge is 2.13. The molecule has 3 N–H and O–H groups in total. The third-order valence-electron chi connectivity index (χ3n) is 3.27. The van der Waals surface area contributed by atoms with E-state index in [4.69, 9.17) is 5.73 Å². The number of rotatable bonds is 5. The quantitative estimate of drug-likeness (QED) is 0.726. The summed E-state index contributed by atoms with van der Waals surface area (Å²) in [4.78, 5) is 25.7. The molecule has 3 aromatic heterocycles. The molecule has 0 aliphatic heterocycles. The van der Waals surface area contributed by atoms with Gasteiger partial charge in [0.15, 0.2) is 0 Å². The number of amides is 1. The van der Waals surface area contributed by atoms with E-state index in [-0.39, 0.29) is 17.5 Å². The van der Waals surface area contributed by atoms with Crippen LogP contribution in [0.3, 0.4) is 0 Å². The lowest BCUT2D eigenvalue weighted by atomic mass is 10.1. The highest BCUT2D eigenvalue weighted by Crippen LogP contribution is 2.13. The number of anilines is 1. The molecule has 8 nitrogen and oxygen atoms in total. The standard InChI is InChI=1S/C15H19N7OS/c1-8(2)4-10-5-12(20-14(16)18-10)13(23)17-6-11-7-22-15(19-11)24-9(3)21-22/h5,7-8H,4,6H2,1-3H3,(H,17,23)(H2,16,18,20). The Bertz CT molecular complexity index is 852. The van der Waals surface area contributed by atoms with Crippen LogP contribution in [0.5, 0.6) is 0 Å². The van der Waals surface area contributed by atoms with Gasteiger partial charge in [-0.15, -0.1) is 0 Å². The van der Waals surface area contributed by atoms with E-state index >= 15 is 0 Å². The van der Waals surface area contributed by atoms with E-state index in [1.54, 1.807) is 16.8 Å². The Morgan fingerprint density at radius 2 is 2.12 bits per heavy atom. The first-order valence-corrected chi connectivity index (χ1v) is 8.45. The molecule has 1 amide bonds. The van der Waals surface area contributed by atoms with Crippen LogP contribution in [0.25, 0.3) is 4.96 Å². The maximum absolute atomic E-state index is 12.3. The molecule has 3 rings (SSSR count). The van der Waals surface area contributed by atoms with Crippen molar-refractivity contribution >= 4 is 28.2 Å². The van der Waals surface area contributed by atoms with Crippen molar-refractivity contribution < 1.29 is 4.79 Å². The zero-order valence-corrected chi connectivity index (χ0v) is 14.6. The molecule has 3 heterocycles. The van der Waals surface area contributed by atoms with Gasteiger partial charge in [-0.3, -0.25) is 4.79 Å². The summed E-state index contributed by atoms with van der Waals surface area (Å²) in [7, 11) is 0. The van der Waals surface area contributed by atoms with Crippen LogP contribution in [0.2, 0.25) is 0 Å². The van der Waals surface area contributed by atoms with E-state index < -0.39 is 0 Å². The summed E-state index contributed by atoms with van der Waals surface area (Å²) >= 11 is 1.50. The van der Waals surface area contributed by atoms with Gasteiger partial charge in [0.2, 0.25) is 10.9 Å². The van der Waals surface area contributed by atoms with Gasteiger partial charge in [-0.25, -0.2) is 19.5 Å². The van der Waals surface area contributed by atoms with E-state index in [1.165, 1.54) is 11.3 Å². The molecule has 0 aliphatic rings. The first kappa shape index (κ1) is 16.3. The number of nitrogen functional groups attached to an aromatic ring is 1. The van der Waals surface area contributed by atoms with Crippen LogP contribution < -0.4 is 11.1 Å². The van der Waals surface area contributed by atoms with Gasteiger partial charge < -0.3 is 11.1 Å². The highest BCUT2D eigenvalue weighted by molar-refractivity contribution is 7.16. The van der Waals surface area contributed by atoms with Crippen LogP contribution >= 0.6 is 11.3 Å². The number of carbonyl (C=O) groups excluding carboxylic acids is 1. The lowest BCUT2D eigenvalue weighted by Gasteiger charge is -2.08. The van der Waals surface area contributed by atoms with Gasteiger partial charge in [0.1, 0.15) is 10.7 Å². The summed E-state index contributed by atoms with van der Waals surface area (Å²) in [5.41, 5.74) is 7.49. The van der Waals surface area contributed by atoms with Gasteiger partial charge in [0, 0.05) is 5.69 Å². The normalized spacial score (nSPS) is 11.3. The first-order valence-electron chi connectivity index (χ1n) is 7.64. The molecule has 0 aromatic carbocycles. The minimum atomic E-state index is -0.297. The number of fused-ring (bicyclic) bond motifs is 1. The molecular weight excluding hydrogens is 326 g/mol. The predicted octanol–water partition coefficient (Wildman–Crippen LogP) is 1.60. The Morgan fingerprint density at radius 1 is 1.33 bits per heavy atom. The molecule has 0 atom stereocenters. The second kappa shape index (κ2) is 6.52. The van der Waals surface area contributed by atoms with Crippen molar-refractivity contribution in [1.29, 1.82) is 0 Å². The first-order chi connectivity index (χ1) is 11.4. The van der Waals surface area contributed by atoms with Crippen molar-refractivity contribution in [2.75, 3.05) is 5.73 Å². The monoisotopic (exact) mass is 345 g/mol. The van der Waals surface area contributed by atoms with Crippen molar-refractivity contribution in [2.24, 2.45) is 5.92 Å². The van der Waals surface area contributed by atoms with Gasteiger partial charge >= 0.3 is 0 Å². The molecule has 0 saturated heterocycles. The number of aryl methyl sites for hydroxylation is 1. The van der Waals surface area contributed by atoms with Crippen molar-refractivity contribution in [3.05, 3.63) is 34.4 Å². The molecule has 24 heavy (non-hydrogen) atoms. The van der Waals surface area contributed by atoms with Crippen molar-refractivity contribution in [3.8, 4) is 0 Å². The Balaban J connectivity index is 1.69. The van der Waals surface area contributed by atoms with Crippen molar-refractivity contribution in [2.45, 2.75) is 33.7 Å². The molecule has 0 aliphatic carbocycles. The fraction of sp³-hybridized carbons (Fsp3) is 0.400. The van der Waals surface area contributed by atoms with E-state index in [0.29, 0.717) is 12.5 Å². The summed E-state index contributed by atoms with van der Waals surface area (Å²) in [6.45, 7) is 6.39. The average Bonchev–Trinajstić information content (AvgIpc) is 3.00. The molecule has 126 valence electrons. The Morgan fingerprint density at radius 3 is 2.83 bits per heavy atom. The van der Waals surface area contributed by atoms with Gasteiger partial charge in [-0.2, -0.15) is 5.10 Å². The largest absolute Gasteiger partial charge is 0.368 e. The molecular formula is C15H19N7OS. The molecule has 0 radical (unpaired) electrons. The van der Waals surface area contributed by atoms with Gasteiger partial charge in [-0.05, 0) is 25.3 Å². The van der Waals surface area contributed by atoms with Crippen LogP contribution in [-0.2, 0) is 13.0 Å². The van der Waals surface area contributed by atoms with Crippen molar-refractivity contribution in [1.82, 2.24) is 29.9 Å². The zero-order chi connectivity index (χ0) is 17.3. The molecule has 0 bridgehead atoms. The minimum absolute atomic E-state index is 0.112. The molecule has 0 unspecified atom stereocenters. The molecule has 9 heteroatoms. The third kappa shape index (κ3) is 3.67. The predicted molar refractivity (Wildman–Crippen MR) is 91.8 cm³/mol. The molecule has 0 saturated carbocycles. The molecule has 3 aromatic rings. The van der Waals surface area contributed by atoms with E-state index in [2.05, 4.69) is 39.2 Å². The van der Waals surface area contributed by atoms with Gasteiger partial charge in [-0.1, -0.05) is 25.2 Å². The van der Waals surface area contributed by atoms with Crippen LogP contribution in [0.4, 0.5) is 5.95 Å². The average molecular weight is 345 g/mol. The molecule has 0 fully saturated rings. The smallest absolute Gasteiger partial charge is 0.270 e. The number of nitrogens with two attached hydrogens (primary N) is 1. The Hall–Kier alpha value is -2.55. The lowest BCUT2D eigenvalue weighted by molar-refractivity contribution is 0.0945. The maximum Gasteiger partial charge on any atom is 0.270 e. The fourth-order valence-electron chi connectivity index (χ4n) is 2.35. The number of aromatic nitrogens is 5. The summed E-state index contributed by atoms with van der Waals surface area (Å²) in [5, 5.41) is 8.04. The Labute approximate surface area is 143 Å². The van der Waals surface area contributed by atoms with Gasteiger partial charge in [0.25, 0.3) is 5.91 Å². The highest BCUT2D eigenvalue weighted by atomic mass is 32.1. The number of nitrogens with one attached hydrogen (secondary N) is 1. The van der Waals surface area contributed by atoms with Crippen LogP contribution in [0.1, 0.15) is 40.7 Å².